The Morgan fingerprint density at radius 1 is 1.35 bits per heavy atom. The summed E-state index contributed by atoms with van der Waals surface area (Å²) in [5.74, 6) is 0.738. The Hall–Kier alpha value is -2.47. The fourth-order valence-electron chi connectivity index (χ4n) is 4.49. The molecule has 26 heavy (non-hydrogen) atoms. The average molecular weight is 352 g/mol. The highest BCUT2D eigenvalue weighted by atomic mass is 16.3. The maximum atomic E-state index is 12.7. The van der Waals surface area contributed by atoms with Gasteiger partial charge in [0.15, 0.2) is 5.78 Å². The number of piperidine rings is 1. The number of fused-ring (bicyclic) bond motifs is 2. The quantitative estimate of drug-likeness (QED) is 0.636. The van der Waals surface area contributed by atoms with Gasteiger partial charge in [-0.2, -0.15) is 0 Å². The van der Waals surface area contributed by atoms with E-state index in [4.69, 9.17) is 15.6 Å². The van der Waals surface area contributed by atoms with Gasteiger partial charge in [0.05, 0.1) is 6.20 Å². The second kappa shape index (κ2) is 6.68. The summed E-state index contributed by atoms with van der Waals surface area (Å²) in [6.45, 7) is 0. The zero-order valence-electron chi connectivity index (χ0n) is 14.9. The van der Waals surface area contributed by atoms with Gasteiger partial charge in [-0.15, -0.1) is 0 Å². The lowest BCUT2D eigenvalue weighted by atomic mass is 9.85. The molecule has 2 atom stereocenters. The van der Waals surface area contributed by atoms with Crippen molar-refractivity contribution in [3.05, 3.63) is 36.2 Å². The zero-order valence-corrected chi connectivity index (χ0v) is 14.9. The number of nitrogens with two attached hydrogens (primary N) is 1. The molecule has 6 heteroatoms. The minimum absolute atomic E-state index is 0.00716. The lowest BCUT2D eigenvalue weighted by molar-refractivity contribution is -0.114. The van der Waals surface area contributed by atoms with Gasteiger partial charge in [-0.05, 0) is 56.8 Å². The number of nitrogens with zero attached hydrogens (tertiary/aromatic N) is 2. The standard InChI is InChI=1S/C20H24N4O2/c1-24-14-3-4-15(24)9-12(8-14)10-18(25)19(22)16-5-2-13(11-17(16)21)20-23-6-7-26-20/h2,5-7,11-12,14-15,22H,3-4,8-10,21H2,1H3. The van der Waals surface area contributed by atoms with Crippen LogP contribution in [-0.2, 0) is 4.79 Å². The summed E-state index contributed by atoms with van der Waals surface area (Å²) in [7, 11) is 2.19. The lowest BCUT2D eigenvalue weighted by Gasteiger charge is -2.36. The first kappa shape index (κ1) is 17.0. The fourth-order valence-corrected chi connectivity index (χ4v) is 4.49. The predicted molar refractivity (Wildman–Crippen MR) is 100 cm³/mol. The minimum atomic E-state index is -0.116. The molecule has 2 aromatic rings. The highest BCUT2D eigenvalue weighted by molar-refractivity contribution is 6.46. The second-order valence-corrected chi connectivity index (χ2v) is 7.53. The number of nitrogen functional groups attached to an aromatic ring is 1. The molecule has 2 saturated heterocycles. The van der Waals surface area contributed by atoms with Crippen LogP contribution in [0.15, 0.2) is 35.1 Å². The molecule has 3 heterocycles. The van der Waals surface area contributed by atoms with E-state index in [-0.39, 0.29) is 11.5 Å². The Kier molecular flexibility index (Phi) is 4.36. The molecule has 2 unspecified atom stereocenters. The summed E-state index contributed by atoms with van der Waals surface area (Å²) in [5, 5.41) is 8.32. The van der Waals surface area contributed by atoms with Gasteiger partial charge < -0.3 is 15.1 Å². The number of ketones is 1. The highest BCUT2D eigenvalue weighted by Crippen LogP contribution is 2.39. The maximum absolute atomic E-state index is 12.7. The summed E-state index contributed by atoms with van der Waals surface area (Å²) in [6, 6.07) is 6.42. The van der Waals surface area contributed by atoms with Crippen molar-refractivity contribution in [2.45, 2.75) is 44.2 Å². The number of carbonyl (C=O) groups excluding carboxylic acids is 1. The van der Waals surface area contributed by atoms with Crippen molar-refractivity contribution in [1.82, 2.24) is 9.88 Å². The topological polar surface area (TPSA) is 96.2 Å². The molecule has 0 radical (unpaired) electrons. The van der Waals surface area contributed by atoms with Gasteiger partial charge in [0.1, 0.15) is 12.0 Å². The Bertz CT molecular complexity index is 816. The number of benzene rings is 1. The molecule has 0 spiro atoms. The van der Waals surface area contributed by atoms with Crippen molar-refractivity contribution in [2.24, 2.45) is 5.92 Å². The van der Waals surface area contributed by atoms with Crippen LogP contribution in [0.2, 0.25) is 0 Å². The van der Waals surface area contributed by atoms with E-state index in [1.165, 1.54) is 19.1 Å². The minimum Gasteiger partial charge on any atom is -0.445 e. The molecule has 136 valence electrons. The van der Waals surface area contributed by atoms with Gasteiger partial charge in [0.25, 0.3) is 0 Å². The van der Waals surface area contributed by atoms with Crippen LogP contribution in [0.3, 0.4) is 0 Å². The first-order valence-corrected chi connectivity index (χ1v) is 9.16. The monoisotopic (exact) mass is 352 g/mol. The molecule has 0 amide bonds. The summed E-state index contributed by atoms with van der Waals surface area (Å²) >= 11 is 0. The molecular weight excluding hydrogens is 328 g/mol. The molecule has 2 bridgehead atoms. The zero-order chi connectivity index (χ0) is 18.3. The van der Waals surface area contributed by atoms with Crippen molar-refractivity contribution in [2.75, 3.05) is 12.8 Å². The van der Waals surface area contributed by atoms with Crippen LogP contribution < -0.4 is 5.73 Å². The molecule has 1 aromatic heterocycles. The van der Waals surface area contributed by atoms with Crippen molar-refractivity contribution in [1.29, 1.82) is 5.41 Å². The molecule has 2 aliphatic rings. The average Bonchev–Trinajstić information content (AvgIpc) is 3.21. The fraction of sp³-hybridized carbons (Fsp3) is 0.450. The van der Waals surface area contributed by atoms with Crippen LogP contribution in [0.1, 0.15) is 37.7 Å². The first-order chi connectivity index (χ1) is 12.5. The largest absolute Gasteiger partial charge is 0.445 e. The maximum Gasteiger partial charge on any atom is 0.225 e. The Labute approximate surface area is 152 Å². The summed E-state index contributed by atoms with van der Waals surface area (Å²) in [5.41, 5.74) is 7.74. The van der Waals surface area contributed by atoms with Crippen molar-refractivity contribution in [3.63, 3.8) is 0 Å². The molecule has 2 fully saturated rings. The van der Waals surface area contributed by atoms with Crippen molar-refractivity contribution >= 4 is 17.2 Å². The molecule has 2 aliphatic heterocycles. The van der Waals surface area contributed by atoms with Gasteiger partial charge >= 0.3 is 0 Å². The summed E-state index contributed by atoms with van der Waals surface area (Å²) < 4.78 is 5.27. The van der Waals surface area contributed by atoms with Crippen molar-refractivity contribution < 1.29 is 9.21 Å². The van der Waals surface area contributed by atoms with Gasteiger partial charge in [-0.3, -0.25) is 10.2 Å². The predicted octanol–water partition coefficient (Wildman–Crippen LogP) is 3.12. The Morgan fingerprint density at radius 2 is 2.08 bits per heavy atom. The third kappa shape index (κ3) is 3.05. The third-order valence-corrected chi connectivity index (χ3v) is 5.95. The number of aromatic nitrogens is 1. The van der Waals surface area contributed by atoms with Gasteiger partial charge in [-0.25, -0.2) is 4.98 Å². The number of rotatable bonds is 5. The van der Waals surface area contributed by atoms with Crippen molar-refractivity contribution in [3.8, 4) is 11.5 Å². The van der Waals surface area contributed by atoms with Crippen LogP contribution in [0.4, 0.5) is 5.69 Å². The van der Waals surface area contributed by atoms with E-state index in [0.717, 1.165) is 18.4 Å². The first-order valence-electron chi connectivity index (χ1n) is 9.16. The highest BCUT2D eigenvalue weighted by Gasteiger charge is 2.39. The van der Waals surface area contributed by atoms with Crippen LogP contribution >= 0.6 is 0 Å². The van der Waals surface area contributed by atoms with E-state index in [1.807, 2.05) is 0 Å². The summed E-state index contributed by atoms with van der Waals surface area (Å²) in [4.78, 5) is 19.2. The van der Waals surface area contributed by atoms with Crippen LogP contribution in [0, 0.1) is 11.3 Å². The number of Topliss-reactive ketones (excluding diaryl/α,β-unsaturated/α-hetero) is 1. The molecule has 0 saturated carbocycles. The molecule has 6 nitrogen and oxygen atoms in total. The van der Waals surface area contributed by atoms with Crippen LogP contribution in [-0.4, -0.2) is 40.5 Å². The third-order valence-electron chi connectivity index (χ3n) is 5.95. The molecule has 1 aromatic carbocycles. The number of hydrogen-bond donors (Lipinski definition) is 2. The molecule has 3 N–H and O–H groups in total. The number of oxazole rings is 1. The molecular formula is C20H24N4O2. The number of nitrogens with one attached hydrogen (secondary N) is 1. The van der Waals surface area contributed by atoms with E-state index < -0.39 is 0 Å². The van der Waals surface area contributed by atoms with Gasteiger partial charge in [0, 0.05) is 35.3 Å². The number of carbonyl (C=O) groups is 1. The lowest BCUT2D eigenvalue weighted by Crippen LogP contribution is -2.40. The SMILES string of the molecule is CN1C2CCC1CC(CC(=O)C(=N)c1ccc(-c3ncco3)cc1N)C2. The van der Waals surface area contributed by atoms with Crippen LogP contribution in [0.5, 0.6) is 0 Å². The summed E-state index contributed by atoms with van der Waals surface area (Å²) in [6.07, 6.45) is 8.10. The molecule has 0 aliphatic carbocycles. The smallest absolute Gasteiger partial charge is 0.225 e. The normalized spacial score (nSPS) is 25.3. The van der Waals surface area contributed by atoms with E-state index >= 15 is 0 Å². The number of hydrogen-bond acceptors (Lipinski definition) is 6. The van der Waals surface area contributed by atoms with Gasteiger partial charge in [-0.1, -0.05) is 0 Å². The van der Waals surface area contributed by atoms with E-state index in [0.29, 0.717) is 41.6 Å². The van der Waals surface area contributed by atoms with E-state index in [9.17, 15) is 4.79 Å². The number of anilines is 1. The van der Waals surface area contributed by atoms with E-state index in [2.05, 4.69) is 16.9 Å². The van der Waals surface area contributed by atoms with Crippen LogP contribution in [0.25, 0.3) is 11.5 Å². The van der Waals surface area contributed by atoms with Gasteiger partial charge in [0.2, 0.25) is 5.89 Å². The van der Waals surface area contributed by atoms with E-state index in [1.54, 1.807) is 24.4 Å². The Balaban J connectivity index is 1.45. The second-order valence-electron chi connectivity index (χ2n) is 7.53. The Morgan fingerprint density at radius 3 is 2.69 bits per heavy atom. The molecule has 4 rings (SSSR count).